The summed E-state index contributed by atoms with van der Waals surface area (Å²) in [5.74, 6) is -0.731. The number of carbonyl (C=O) groups is 2. The Morgan fingerprint density at radius 2 is 1.89 bits per heavy atom. The lowest BCUT2D eigenvalue weighted by atomic mass is 10.0. The zero-order valence-corrected chi connectivity index (χ0v) is 21.1. The molecule has 8 nitrogen and oxygen atoms in total. The van der Waals surface area contributed by atoms with E-state index in [0.29, 0.717) is 22.5 Å². The molecule has 1 fully saturated rings. The number of hydrogen-bond acceptors (Lipinski definition) is 5. The second kappa shape index (κ2) is 11.0. The van der Waals surface area contributed by atoms with Gasteiger partial charge in [0, 0.05) is 29.9 Å². The summed E-state index contributed by atoms with van der Waals surface area (Å²) in [6, 6.07) is 15.2. The van der Waals surface area contributed by atoms with E-state index in [1.807, 2.05) is 0 Å². The van der Waals surface area contributed by atoms with Gasteiger partial charge in [-0.1, -0.05) is 36.6 Å². The minimum Gasteiger partial charge on any atom is -0.507 e. The highest BCUT2D eigenvalue weighted by molar-refractivity contribution is 6.33. The zero-order valence-electron chi connectivity index (χ0n) is 20.3. The van der Waals surface area contributed by atoms with Crippen molar-refractivity contribution in [3.8, 4) is 17.0 Å². The molecule has 2 aromatic heterocycles. The highest BCUT2D eigenvalue weighted by Crippen LogP contribution is 2.38. The predicted molar refractivity (Wildman–Crippen MR) is 142 cm³/mol. The normalized spacial score (nSPS) is 13.4. The molecule has 0 saturated heterocycles. The Morgan fingerprint density at radius 3 is 2.66 bits per heavy atom. The molecule has 0 unspecified atom stereocenters. The lowest BCUT2D eigenvalue weighted by Crippen LogP contribution is -2.30. The van der Waals surface area contributed by atoms with E-state index in [4.69, 9.17) is 11.6 Å². The van der Waals surface area contributed by atoms with E-state index in [1.54, 1.807) is 42.5 Å². The first kappa shape index (κ1) is 25.4. The number of nitrogens with one attached hydrogen (secondary N) is 2. The molecule has 2 heterocycles. The van der Waals surface area contributed by atoms with E-state index in [1.165, 1.54) is 29.1 Å². The molecule has 0 atom stereocenters. The molecule has 1 aliphatic carbocycles. The average molecular weight is 534 g/mol. The van der Waals surface area contributed by atoms with Gasteiger partial charge in [0.15, 0.2) is 0 Å². The van der Waals surface area contributed by atoms with Crippen molar-refractivity contribution in [2.24, 2.45) is 0 Å². The van der Waals surface area contributed by atoms with Crippen LogP contribution in [0.5, 0.6) is 5.75 Å². The van der Waals surface area contributed by atoms with Crippen molar-refractivity contribution in [2.45, 2.75) is 38.1 Å². The maximum Gasteiger partial charge on any atom is 0.342 e. The van der Waals surface area contributed by atoms with Crippen molar-refractivity contribution in [3.63, 3.8) is 0 Å². The van der Waals surface area contributed by atoms with Crippen molar-refractivity contribution in [1.82, 2.24) is 20.1 Å². The summed E-state index contributed by atoms with van der Waals surface area (Å²) in [7, 11) is 0. The van der Waals surface area contributed by atoms with Gasteiger partial charge in [-0.05, 0) is 66.9 Å². The molecule has 2 amide bonds. The van der Waals surface area contributed by atoms with Crippen LogP contribution in [0.25, 0.3) is 11.3 Å². The molecule has 194 valence electrons. The van der Waals surface area contributed by atoms with Crippen LogP contribution in [0.15, 0.2) is 66.9 Å². The Kier molecular flexibility index (Phi) is 7.37. The molecule has 3 N–H and O–H groups in total. The lowest BCUT2D eigenvalue weighted by molar-refractivity contribution is 0.102. The number of amides is 2. The molecular weight excluding hydrogens is 509 g/mol. The highest BCUT2D eigenvalue weighted by atomic mass is 35.5. The van der Waals surface area contributed by atoms with Gasteiger partial charge in [-0.3, -0.25) is 4.79 Å². The van der Waals surface area contributed by atoms with Gasteiger partial charge < -0.3 is 15.7 Å². The van der Waals surface area contributed by atoms with Crippen LogP contribution in [-0.2, 0) is 6.54 Å². The molecule has 10 heteroatoms. The van der Waals surface area contributed by atoms with Gasteiger partial charge in [-0.15, -0.1) is 0 Å². The van der Waals surface area contributed by atoms with E-state index in [0.717, 1.165) is 31.4 Å². The van der Waals surface area contributed by atoms with Gasteiger partial charge in [0.05, 0.1) is 17.0 Å². The average Bonchev–Trinajstić information content (AvgIpc) is 3.59. The maximum atomic E-state index is 13.6. The Labute approximate surface area is 223 Å². The third kappa shape index (κ3) is 5.52. The largest absolute Gasteiger partial charge is 0.507 e. The molecule has 5 rings (SSSR count). The molecular formula is C28H25ClFN5O3. The van der Waals surface area contributed by atoms with Crippen LogP contribution in [0.4, 0.5) is 14.9 Å². The van der Waals surface area contributed by atoms with Crippen LogP contribution in [0.1, 0.15) is 53.2 Å². The first-order chi connectivity index (χ1) is 18.4. The second-order valence-corrected chi connectivity index (χ2v) is 9.52. The monoisotopic (exact) mass is 533 g/mol. The third-order valence-electron chi connectivity index (χ3n) is 6.57. The van der Waals surface area contributed by atoms with Crippen LogP contribution in [-0.4, -0.2) is 31.8 Å². The van der Waals surface area contributed by atoms with Crippen LogP contribution in [0.3, 0.4) is 0 Å². The number of aromatic hydroxyl groups is 1. The van der Waals surface area contributed by atoms with Crippen LogP contribution in [0.2, 0.25) is 5.15 Å². The maximum absolute atomic E-state index is 13.6. The summed E-state index contributed by atoms with van der Waals surface area (Å²) in [5, 5.41) is 20.8. The molecule has 38 heavy (non-hydrogen) atoms. The molecule has 0 aliphatic heterocycles. The second-order valence-electron chi connectivity index (χ2n) is 9.16. The van der Waals surface area contributed by atoms with Crippen molar-refractivity contribution < 1.29 is 19.1 Å². The molecule has 1 aliphatic rings. The number of anilines is 1. The fourth-order valence-electron chi connectivity index (χ4n) is 4.67. The molecule has 0 radical (unpaired) electrons. The van der Waals surface area contributed by atoms with E-state index in [-0.39, 0.29) is 34.7 Å². The van der Waals surface area contributed by atoms with E-state index in [9.17, 15) is 19.1 Å². The molecule has 1 saturated carbocycles. The summed E-state index contributed by atoms with van der Waals surface area (Å²) >= 11 is 6.04. The number of phenols is 1. The van der Waals surface area contributed by atoms with E-state index in [2.05, 4.69) is 20.7 Å². The topological polar surface area (TPSA) is 109 Å². The van der Waals surface area contributed by atoms with Crippen LogP contribution >= 0.6 is 11.6 Å². The Morgan fingerprint density at radius 1 is 1.08 bits per heavy atom. The van der Waals surface area contributed by atoms with Gasteiger partial charge in [0.1, 0.15) is 16.7 Å². The number of hydrogen-bond donors (Lipinski definition) is 3. The fourth-order valence-corrected chi connectivity index (χ4v) is 4.88. The van der Waals surface area contributed by atoms with Crippen molar-refractivity contribution in [1.29, 1.82) is 0 Å². The third-order valence-corrected chi connectivity index (χ3v) is 6.87. The molecule has 4 aromatic rings. The highest BCUT2D eigenvalue weighted by Gasteiger charge is 2.26. The number of benzene rings is 2. The fraction of sp³-hybridized carbons (Fsp3) is 0.214. The summed E-state index contributed by atoms with van der Waals surface area (Å²) < 4.78 is 14.9. The van der Waals surface area contributed by atoms with Gasteiger partial charge >= 0.3 is 6.03 Å². The number of halogens is 2. The molecule has 0 spiro atoms. The molecule has 2 aromatic carbocycles. The summed E-state index contributed by atoms with van der Waals surface area (Å²) in [5.41, 5.74) is 2.74. The predicted octanol–water partition coefficient (Wildman–Crippen LogP) is 6.11. The minimum absolute atomic E-state index is 0.0507. The van der Waals surface area contributed by atoms with Crippen LogP contribution < -0.4 is 10.6 Å². The van der Waals surface area contributed by atoms with Crippen molar-refractivity contribution in [3.05, 3.63) is 94.7 Å². The van der Waals surface area contributed by atoms with Crippen molar-refractivity contribution >= 4 is 29.2 Å². The first-order valence-electron chi connectivity index (χ1n) is 12.3. The number of aromatic nitrogens is 3. The van der Waals surface area contributed by atoms with Crippen LogP contribution in [0, 0.1) is 5.82 Å². The standard InChI is InChI=1S/C28H25ClFN5O3/c29-26-21(9-4-12-31-26)27(37)33-20-10-11-25(36)22(14-20)23-15-24(18-6-1-2-7-18)35(34-23)28(38)32-16-17-5-3-8-19(30)13-17/h3-5,8-15,18,36H,1-2,6-7,16H2,(H,32,38)(H,33,37). The quantitative estimate of drug-likeness (QED) is 0.204. The Bertz CT molecular complexity index is 1500. The summed E-state index contributed by atoms with van der Waals surface area (Å²) in [4.78, 5) is 29.8. The number of rotatable bonds is 6. The number of phenolic OH excluding ortho intramolecular Hbond substituents is 1. The summed E-state index contributed by atoms with van der Waals surface area (Å²) in [6.45, 7) is 0.138. The number of carbonyl (C=O) groups excluding carboxylic acids is 2. The minimum atomic E-state index is -0.450. The van der Waals surface area contributed by atoms with Gasteiger partial charge in [-0.25, -0.2) is 14.2 Å². The Balaban J connectivity index is 1.43. The molecule has 0 bridgehead atoms. The smallest absolute Gasteiger partial charge is 0.342 e. The SMILES string of the molecule is O=C(Nc1ccc(O)c(-c2cc(C3CCCC3)n(C(=O)NCc3cccc(F)c3)n2)c1)c1cccnc1Cl. The van der Waals surface area contributed by atoms with Crippen molar-refractivity contribution in [2.75, 3.05) is 5.32 Å². The zero-order chi connectivity index (χ0) is 26.6. The van der Waals surface area contributed by atoms with Gasteiger partial charge in [-0.2, -0.15) is 9.78 Å². The number of pyridine rings is 1. The van der Waals surface area contributed by atoms with E-state index >= 15 is 0 Å². The summed E-state index contributed by atoms with van der Waals surface area (Å²) in [6.07, 6.45) is 5.45. The van der Waals surface area contributed by atoms with E-state index < -0.39 is 11.9 Å². The van der Waals surface area contributed by atoms with Gasteiger partial charge in [0.25, 0.3) is 5.91 Å². The Hall–Kier alpha value is -4.24. The first-order valence-corrected chi connectivity index (χ1v) is 12.6. The van der Waals surface area contributed by atoms with Gasteiger partial charge in [0.2, 0.25) is 0 Å². The lowest BCUT2D eigenvalue weighted by Gasteiger charge is -2.12. The number of nitrogens with zero attached hydrogens (tertiary/aromatic N) is 3.